The average Bonchev–Trinajstić information content (AvgIpc) is 2.63. The maximum absolute atomic E-state index is 11.2. The molecule has 0 bridgehead atoms. The van der Waals surface area contributed by atoms with Gasteiger partial charge in [0.15, 0.2) is 6.10 Å². The molecule has 7 atom stereocenters. The molecule has 1 aliphatic rings. The number of hydrogen-bond acceptors (Lipinski definition) is 12. The van der Waals surface area contributed by atoms with E-state index < -0.39 is 77.5 Å². The molecule has 0 aromatic carbocycles. The second-order valence-electron chi connectivity index (χ2n) is 6.01. The zero-order chi connectivity index (χ0) is 23.2. The minimum Gasteiger partial charge on any atom is -0.475 e. The number of rotatable bonds is 11. The third-order valence-electron chi connectivity index (χ3n) is 3.69. The second kappa shape index (κ2) is 10.7. The van der Waals surface area contributed by atoms with E-state index in [0.29, 0.717) is 6.08 Å². The zero-order valence-corrected chi connectivity index (χ0v) is 16.1. The van der Waals surface area contributed by atoms with Crippen molar-refractivity contribution < 1.29 is 66.5 Å². The number of nitrogens with one attached hydrogen (secondary N) is 1. The molecule has 30 heavy (non-hydrogen) atoms. The standard InChI is InChI=1S/C14H21NO14S/c1-5(18)15-6(3-16)10(21)11(8(20)4-17)28-14-12(29-30(24,25)26)7(19)2-9(27-14)13(22)23/h2-3,6-8,10-12,14,17,19-21H,4H2,1H3,(H,15,18)(H,22,23)(H,24,25,26)/t6-,7-,8+,10+,11+,12+,14-/m0/s1. The monoisotopic (exact) mass is 459 g/mol. The van der Waals surface area contributed by atoms with Gasteiger partial charge < -0.3 is 45.1 Å². The smallest absolute Gasteiger partial charge is 0.397 e. The first kappa shape index (κ1) is 25.9. The number of ether oxygens (including phenoxy) is 2. The van der Waals surface area contributed by atoms with E-state index in [4.69, 9.17) is 19.1 Å². The summed E-state index contributed by atoms with van der Waals surface area (Å²) in [5.74, 6) is -3.43. The molecular formula is C14H21NO14S. The largest absolute Gasteiger partial charge is 0.475 e. The molecule has 0 radical (unpaired) electrons. The van der Waals surface area contributed by atoms with Crippen molar-refractivity contribution in [1.29, 1.82) is 0 Å². The van der Waals surface area contributed by atoms with Crippen molar-refractivity contribution in [3.63, 3.8) is 0 Å². The molecule has 0 saturated heterocycles. The van der Waals surface area contributed by atoms with Crippen LogP contribution >= 0.6 is 0 Å². The van der Waals surface area contributed by atoms with Crippen molar-refractivity contribution in [3.8, 4) is 0 Å². The molecule has 0 fully saturated rings. The number of aldehydes is 1. The minimum atomic E-state index is -5.23. The van der Waals surface area contributed by atoms with E-state index in [9.17, 15) is 43.2 Å². The second-order valence-corrected chi connectivity index (χ2v) is 7.05. The summed E-state index contributed by atoms with van der Waals surface area (Å²) in [6.45, 7) is -0.0732. The van der Waals surface area contributed by atoms with Crippen LogP contribution in [0.2, 0.25) is 0 Å². The van der Waals surface area contributed by atoms with Gasteiger partial charge in [-0.25, -0.2) is 8.98 Å². The SMILES string of the molecule is CC(=O)N[C@@H](C=O)[C@@H](O)[C@H](O[C@@H]1OC(C(=O)O)=C[C@H](O)[C@H]1OS(=O)(=O)O)[C@H](O)CO. The Morgan fingerprint density at radius 3 is 2.40 bits per heavy atom. The fourth-order valence-electron chi connectivity index (χ4n) is 2.41. The van der Waals surface area contributed by atoms with Gasteiger partial charge in [0.25, 0.3) is 0 Å². The van der Waals surface area contributed by atoms with E-state index in [0.717, 1.165) is 6.92 Å². The molecule has 1 rings (SSSR count). The zero-order valence-electron chi connectivity index (χ0n) is 15.3. The van der Waals surface area contributed by atoms with E-state index in [2.05, 4.69) is 4.18 Å². The molecule has 172 valence electrons. The van der Waals surface area contributed by atoms with E-state index in [1.54, 1.807) is 0 Å². The summed E-state index contributed by atoms with van der Waals surface area (Å²) in [6.07, 6.45) is -11.8. The Bertz CT molecular complexity index is 767. The van der Waals surface area contributed by atoms with Gasteiger partial charge >= 0.3 is 16.4 Å². The Balaban J connectivity index is 3.27. The van der Waals surface area contributed by atoms with Crippen LogP contribution in [0.25, 0.3) is 0 Å². The molecule has 0 spiro atoms. The maximum atomic E-state index is 11.2. The summed E-state index contributed by atoms with van der Waals surface area (Å²) in [5, 5.41) is 50.4. The third-order valence-corrected chi connectivity index (χ3v) is 4.16. The molecule has 1 heterocycles. The van der Waals surface area contributed by atoms with Gasteiger partial charge in [0, 0.05) is 6.92 Å². The number of aliphatic hydroxyl groups is 4. The normalized spacial score (nSPS) is 25.8. The molecule has 15 nitrogen and oxygen atoms in total. The number of hydrogen-bond donors (Lipinski definition) is 7. The Morgan fingerprint density at radius 2 is 1.97 bits per heavy atom. The van der Waals surface area contributed by atoms with Gasteiger partial charge in [-0.3, -0.25) is 9.35 Å². The lowest BCUT2D eigenvalue weighted by atomic mass is 10.0. The maximum Gasteiger partial charge on any atom is 0.397 e. The molecule has 0 saturated carbocycles. The number of carboxylic acids is 1. The van der Waals surface area contributed by atoms with Gasteiger partial charge in [0.2, 0.25) is 18.0 Å². The molecule has 7 N–H and O–H groups in total. The highest BCUT2D eigenvalue weighted by molar-refractivity contribution is 7.80. The summed E-state index contributed by atoms with van der Waals surface area (Å²) >= 11 is 0. The van der Waals surface area contributed by atoms with E-state index in [-0.39, 0.29) is 6.29 Å². The molecule has 0 unspecified atom stereocenters. The van der Waals surface area contributed by atoms with Crippen molar-refractivity contribution in [1.82, 2.24) is 5.32 Å². The number of aliphatic hydroxyl groups excluding tert-OH is 4. The quantitative estimate of drug-likeness (QED) is 0.114. The summed E-state index contributed by atoms with van der Waals surface area (Å²) in [6, 6.07) is -1.68. The van der Waals surface area contributed by atoms with Crippen LogP contribution in [0.5, 0.6) is 0 Å². The van der Waals surface area contributed by atoms with Crippen molar-refractivity contribution in [3.05, 3.63) is 11.8 Å². The molecule has 1 aliphatic heterocycles. The first-order valence-electron chi connectivity index (χ1n) is 8.11. The van der Waals surface area contributed by atoms with Crippen LogP contribution in [0.1, 0.15) is 6.92 Å². The van der Waals surface area contributed by atoms with Crippen LogP contribution in [-0.2, 0) is 38.4 Å². The predicted octanol–water partition coefficient (Wildman–Crippen LogP) is -4.34. The number of carboxylic acid groups (broad SMARTS) is 1. The van der Waals surface area contributed by atoms with Crippen molar-refractivity contribution in [2.75, 3.05) is 6.61 Å². The highest BCUT2D eigenvalue weighted by Gasteiger charge is 2.45. The first-order valence-corrected chi connectivity index (χ1v) is 9.47. The number of carbonyl (C=O) groups is 3. The van der Waals surface area contributed by atoms with Crippen molar-refractivity contribution >= 4 is 28.6 Å². The molecule has 1 amide bonds. The van der Waals surface area contributed by atoms with Crippen molar-refractivity contribution in [2.45, 2.75) is 49.8 Å². The molecule has 16 heteroatoms. The molecule has 0 aliphatic carbocycles. The van der Waals surface area contributed by atoms with Gasteiger partial charge in [0.1, 0.15) is 36.7 Å². The van der Waals surface area contributed by atoms with Crippen LogP contribution < -0.4 is 5.32 Å². The highest BCUT2D eigenvalue weighted by atomic mass is 32.3. The average molecular weight is 459 g/mol. The van der Waals surface area contributed by atoms with Crippen LogP contribution in [-0.4, -0.2) is 106 Å². The molecule has 0 aromatic rings. The van der Waals surface area contributed by atoms with E-state index in [1.165, 1.54) is 0 Å². The highest BCUT2D eigenvalue weighted by Crippen LogP contribution is 2.26. The first-order chi connectivity index (χ1) is 13.8. The number of aliphatic carboxylic acids is 1. The Hall–Kier alpha value is -2.18. The summed E-state index contributed by atoms with van der Waals surface area (Å²) < 4.78 is 45.1. The van der Waals surface area contributed by atoms with Crippen LogP contribution in [0, 0.1) is 0 Å². The van der Waals surface area contributed by atoms with Gasteiger partial charge in [-0.1, -0.05) is 0 Å². The van der Waals surface area contributed by atoms with Gasteiger partial charge in [0.05, 0.1) is 6.61 Å². The summed E-state index contributed by atoms with van der Waals surface area (Å²) in [7, 11) is -5.23. The minimum absolute atomic E-state index is 0.0673. The lowest BCUT2D eigenvalue weighted by Crippen LogP contribution is -2.57. The topological polar surface area (TPSA) is 246 Å². The van der Waals surface area contributed by atoms with Gasteiger partial charge in [-0.15, -0.1) is 0 Å². The lowest BCUT2D eigenvalue weighted by Gasteiger charge is -2.37. The van der Waals surface area contributed by atoms with Crippen LogP contribution in [0.15, 0.2) is 11.8 Å². The van der Waals surface area contributed by atoms with Crippen molar-refractivity contribution in [2.24, 2.45) is 0 Å². The predicted molar refractivity (Wildman–Crippen MR) is 90.7 cm³/mol. The number of amides is 1. The summed E-state index contributed by atoms with van der Waals surface area (Å²) in [5.41, 5.74) is 0. The molecule has 0 aromatic heterocycles. The Labute approximate surface area is 169 Å². The summed E-state index contributed by atoms with van der Waals surface area (Å²) in [4.78, 5) is 33.4. The number of carbonyl (C=O) groups excluding carboxylic acids is 2. The van der Waals surface area contributed by atoms with Gasteiger partial charge in [-0.05, 0) is 6.08 Å². The molecular weight excluding hydrogens is 438 g/mol. The Morgan fingerprint density at radius 1 is 1.37 bits per heavy atom. The lowest BCUT2D eigenvalue weighted by molar-refractivity contribution is -0.251. The van der Waals surface area contributed by atoms with Gasteiger partial charge in [-0.2, -0.15) is 8.42 Å². The van der Waals surface area contributed by atoms with E-state index >= 15 is 0 Å². The van der Waals surface area contributed by atoms with Crippen LogP contribution in [0.4, 0.5) is 0 Å². The van der Waals surface area contributed by atoms with E-state index in [1.807, 2.05) is 5.32 Å². The fourth-order valence-corrected chi connectivity index (χ4v) is 2.89. The van der Waals surface area contributed by atoms with Crippen LogP contribution in [0.3, 0.4) is 0 Å². The fraction of sp³-hybridized carbons (Fsp3) is 0.643. The third kappa shape index (κ3) is 7.26. The Kier molecular flexibility index (Phi) is 9.25.